The van der Waals surface area contributed by atoms with Gasteiger partial charge in [0.25, 0.3) is 0 Å². The summed E-state index contributed by atoms with van der Waals surface area (Å²) >= 11 is 0. The second-order valence-corrected chi connectivity index (χ2v) is 4.18. The SMILES string of the molecule is CCCC(N)C(=O)Nc1ccc(/C=C/C(=O)O)cc1. The molecule has 0 radical (unpaired) electrons. The summed E-state index contributed by atoms with van der Waals surface area (Å²) in [6, 6.07) is 6.35. The average molecular weight is 262 g/mol. The summed E-state index contributed by atoms with van der Waals surface area (Å²) < 4.78 is 0. The molecule has 0 spiro atoms. The monoisotopic (exact) mass is 262 g/mol. The van der Waals surface area contributed by atoms with E-state index in [-0.39, 0.29) is 5.91 Å². The quantitative estimate of drug-likeness (QED) is 0.682. The van der Waals surface area contributed by atoms with Crippen molar-refractivity contribution in [2.45, 2.75) is 25.8 Å². The van der Waals surface area contributed by atoms with Gasteiger partial charge >= 0.3 is 5.97 Å². The number of hydrogen-bond acceptors (Lipinski definition) is 3. The highest BCUT2D eigenvalue weighted by Gasteiger charge is 2.11. The predicted octanol–water partition coefficient (Wildman–Crippen LogP) is 1.85. The first-order valence-electron chi connectivity index (χ1n) is 6.10. The van der Waals surface area contributed by atoms with Crippen LogP contribution in [0.25, 0.3) is 6.08 Å². The maximum atomic E-state index is 11.7. The summed E-state index contributed by atoms with van der Waals surface area (Å²) in [4.78, 5) is 22.0. The first kappa shape index (κ1) is 14.9. The van der Waals surface area contributed by atoms with Crippen LogP contribution < -0.4 is 11.1 Å². The van der Waals surface area contributed by atoms with Crippen molar-refractivity contribution in [3.05, 3.63) is 35.9 Å². The van der Waals surface area contributed by atoms with Gasteiger partial charge in [0.2, 0.25) is 5.91 Å². The minimum absolute atomic E-state index is 0.212. The Morgan fingerprint density at radius 1 is 1.37 bits per heavy atom. The van der Waals surface area contributed by atoms with Crippen molar-refractivity contribution in [3.63, 3.8) is 0 Å². The summed E-state index contributed by atoms with van der Waals surface area (Å²) in [5.74, 6) is -1.21. The molecule has 0 saturated heterocycles. The molecule has 0 bridgehead atoms. The van der Waals surface area contributed by atoms with Crippen molar-refractivity contribution < 1.29 is 14.7 Å². The van der Waals surface area contributed by atoms with Crippen LogP contribution in [0.4, 0.5) is 5.69 Å². The van der Waals surface area contributed by atoms with Gasteiger partial charge < -0.3 is 16.2 Å². The van der Waals surface area contributed by atoms with Gasteiger partial charge in [0.1, 0.15) is 0 Å². The second kappa shape index (κ2) is 7.33. The molecule has 5 nitrogen and oxygen atoms in total. The van der Waals surface area contributed by atoms with Gasteiger partial charge in [-0.2, -0.15) is 0 Å². The number of amides is 1. The third-order valence-electron chi connectivity index (χ3n) is 2.53. The lowest BCUT2D eigenvalue weighted by Gasteiger charge is -2.11. The predicted molar refractivity (Wildman–Crippen MR) is 74.6 cm³/mol. The number of nitrogens with two attached hydrogens (primary N) is 1. The smallest absolute Gasteiger partial charge is 0.328 e. The third kappa shape index (κ3) is 5.35. The van der Waals surface area contributed by atoms with Crippen LogP contribution in [0.1, 0.15) is 25.3 Å². The normalized spacial score (nSPS) is 12.3. The van der Waals surface area contributed by atoms with Crippen molar-refractivity contribution in [1.29, 1.82) is 0 Å². The van der Waals surface area contributed by atoms with Gasteiger partial charge in [-0.15, -0.1) is 0 Å². The lowest BCUT2D eigenvalue weighted by atomic mass is 10.1. The van der Waals surface area contributed by atoms with E-state index in [0.29, 0.717) is 12.1 Å². The zero-order valence-electron chi connectivity index (χ0n) is 10.8. The summed E-state index contributed by atoms with van der Waals surface area (Å²) in [5, 5.41) is 11.2. The van der Waals surface area contributed by atoms with E-state index in [4.69, 9.17) is 10.8 Å². The lowest BCUT2D eigenvalue weighted by molar-refractivity contribution is -0.131. The van der Waals surface area contributed by atoms with E-state index < -0.39 is 12.0 Å². The van der Waals surface area contributed by atoms with Crippen LogP contribution in [0.5, 0.6) is 0 Å². The van der Waals surface area contributed by atoms with Crippen LogP contribution in [0.2, 0.25) is 0 Å². The molecule has 0 aliphatic carbocycles. The lowest BCUT2D eigenvalue weighted by Crippen LogP contribution is -2.35. The summed E-state index contributed by atoms with van der Waals surface area (Å²) in [7, 11) is 0. The fraction of sp³-hybridized carbons (Fsp3) is 0.286. The Kier molecular flexibility index (Phi) is 5.75. The molecule has 19 heavy (non-hydrogen) atoms. The molecule has 5 heteroatoms. The van der Waals surface area contributed by atoms with Crippen molar-refractivity contribution >= 4 is 23.6 Å². The van der Waals surface area contributed by atoms with Gasteiger partial charge in [-0.05, 0) is 30.2 Å². The topological polar surface area (TPSA) is 92.4 Å². The van der Waals surface area contributed by atoms with Crippen LogP contribution >= 0.6 is 0 Å². The number of anilines is 1. The number of carbonyl (C=O) groups excluding carboxylic acids is 1. The van der Waals surface area contributed by atoms with Crippen molar-refractivity contribution in [3.8, 4) is 0 Å². The first-order valence-corrected chi connectivity index (χ1v) is 6.10. The van der Waals surface area contributed by atoms with Gasteiger partial charge in [0.15, 0.2) is 0 Å². The number of hydrogen-bond donors (Lipinski definition) is 3. The molecule has 1 amide bonds. The van der Waals surface area contributed by atoms with Crippen LogP contribution in [0, 0.1) is 0 Å². The first-order chi connectivity index (χ1) is 9.02. The number of carboxylic acid groups (broad SMARTS) is 1. The van der Waals surface area contributed by atoms with E-state index in [1.807, 2.05) is 6.92 Å². The zero-order chi connectivity index (χ0) is 14.3. The molecule has 1 aromatic carbocycles. The molecule has 1 aromatic rings. The molecule has 0 aromatic heterocycles. The van der Waals surface area contributed by atoms with Gasteiger partial charge in [-0.3, -0.25) is 4.79 Å². The maximum Gasteiger partial charge on any atom is 0.328 e. The van der Waals surface area contributed by atoms with Crippen LogP contribution in [-0.2, 0) is 9.59 Å². The van der Waals surface area contributed by atoms with E-state index in [1.54, 1.807) is 24.3 Å². The Morgan fingerprint density at radius 3 is 2.53 bits per heavy atom. The Morgan fingerprint density at radius 2 is 2.00 bits per heavy atom. The molecule has 0 aliphatic heterocycles. The minimum Gasteiger partial charge on any atom is -0.478 e. The number of rotatable bonds is 6. The van der Waals surface area contributed by atoms with Crippen molar-refractivity contribution in [2.75, 3.05) is 5.32 Å². The molecule has 1 unspecified atom stereocenters. The molecular weight excluding hydrogens is 244 g/mol. The number of carboxylic acids is 1. The van der Waals surface area contributed by atoms with E-state index in [1.165, 1.54) is 6.08 Å². The molecule has 4 N–H and O–H groups in total. The van der Waals surface area contributed by atoms with Crippen molar-refractivity contribution in [1.82, 2.24) is 0 Å². The fourth-order valence-electron chi connectivity index (χ4n) is 1.52. The number of carbonyl (C=O) groups is 2. The molecular formula is C14H18N2O3. The number of benzene rings is 1. The fourth-order valence-corrected chi connectivity index (χ4v) is 1.52. The molecule has 0 fully saturated rings. The van der Waals surface area contributed by atoms with Gasteiger partial charge in [-0.25, -0.2) is 4.79 Å². The third-order valence-corrected chi connectivity index (χ3v) is 2.53. The van der Waals surface area contributed by atoms with E-state index in [2.05, 4.69) is 5.32 Å². The Bertz CT molecular complexity index is 466. The van der Waals surface area contributed by atoms with Crippen LogP contribution in [0.15, 0.2) is 30.3 Å². The molecule has 1 atom stereocenters. The largest absolute Gasteiger partial charge is 0.478 e. The Labute approximate surface area is 112 Å². The summed E-state index contributed by atoms with van der Waals surface area (Å²) in [6.07, 6.45) is 4.04. The van der Waals surface area contributed by atoms with Gasteiger partial charge in [0.05, 0.1) is 6.04 Å². The second-order valence-electron chi connectivity index (χ2n) is 4.18. The molecule has 0 heterocycles. The van der Waals surface area contributed by atoms with Crippen LogP contribution in [-0.4, -0.2) is 23.0 Å². The van der Waals surface area contributed by atoms with E-state index in [9.17, 15) is 9.59 Å². The molecule has 0 saturated carbocycles. The van der Waals surface area contributed by atoms with E-state index >= 15 is 0 Å². The molecule has 0 aliphatic rings. The number of nitrogens with one attached hydrogen (secondary N) is 1. The summed E-state index contributed by atoms with van der Waals surface area (Å²) in [6.45, 7) is 1.97. The Hall–Kier alpha value is -2.14. The highest BCUT2D eigenvalue weighted by Crippen LogP contribution is 2.11. The number of aliphatic carboxylic acids is 1. The van der Waals surface area contributed by atoms with Crippen molar-refractivity contribution in [2.24, 2.45) is 5.73 Å². The standard InChI is InChI=1S/C14H18N2O3/c1-2-3-12(15)14(19)16-11-7-4-10(5-8-11)6-9-13(17)18/h4-9,12H,2-3,15H2,1H3,(H,16,19)(H,17,18)/b9-6+. The minimum atomic E-state index is -0.997. The Balaban J connectivity index is 2.62. The zero-order valence-corrected chi connectivity index (χ0v) is 10.8. The van der Waals surface area contributed by atoms with E-state index in [0.717, 1.165) is 18.1 Å². The average Bonchev–Trinajstić information content (AvgIpc) is 2.38. The van der Waals surface area contributed by atoms with Gasteiger partial charge in [0, 0.05) is 11.8 Å². The highest BCUT2D eigenvalue weighted by molar-refractivity contribution is 5.94. The highest BCUT2D eigenvalue weighted by atomic mass is 16.4. The maximum absolute atomic E-state index is 11.7. The molecule has 1 rings (SSSR count). The van der Waals surface area contributed by atoms with Crippen LogP contribution in [0.3, 0.4) is 0 Å². The summed E-state index contributed by atoms with van der Waals surface area (Å²) in [5.41, 5.74) is 7.09. The molecule has 102 valence electrons. The van der Waals surface area contributed by atoms with Gasteiger partial charge in [-0.1, -0.05) is 25.5 Å².